The first-order valence-corrected chi connectivity index (χ1v) is 8.05. The van der Waals surface area contributed by atoms with Crippen molar-refractivity contribution in [1.29, 1.82) is 0 Å². The van der Waals surface area contributed by atoms with E-state index < -0.39 is 0 Å². The normalized spacial score (nSPS) is 11.2. The van der Waals surface area contributed by atoms with Crippen LogP contribution in [0.15, 0.2) is 65.7 Å². The Bertz CT molecular complexity index is 1270. The summed E-state index contributed by atoms with van der Waals surface area (Å²) in [7, 11) is 0. The summed E-state index contributed by atoms with van der Waals surface area (Å²) in [4.78, 5) is 36.5. The van der Waals surface area contributed by atoms with Gasteiger partial charge in [0.05, 0.1) is 0 Å². The predicted octanol–water partition coefficient (Wildman–Crippen LogP) is 2.92. The number of imidazole rings is 1. The minimum atomic E-state index is -0.193. The molecule has 4 heterocycles. The van der Waals surface area contributed by atoms with E-state index in [1.807, 2.05) is 42.5 Å². The van der Waals surface area contributed by atoms with E-state index in [9.17, 15) is 4.79 Å². The van der Waals surface area contributed by atoms with E-state index >= 15 is 0 Å². The molecule has 7 heteroatoms. The molecule has 0 radical (unpaired) electrons. The van der Waals surface area contributed by atoms with Crippen molar-refractivity contribution in [2.45, 2.75) is 0 Å². The highest BCUT2D eigenvalue weighted by Crippen LogP contribution is 2.29. The van der Waals surface area contributed by atoms with Gasteiger partial charge in [-0.25, -0.2) is 19.9 Å². The van der Waals surface area contributed by atoms with E-state index in [0.29, 0.717) is 28.5 Å². The Morgan fingerprint density at radius 3 is 2.54 bits per heavy atom. The number of nitrogens with zero attached hydrogens (tertiary/aromatic N) is 4. The second-order valence-electron chi connectivity index (χ2n) is 5.78. The van der Waals surface area contributed by atoms with Crippen molar-refractivity contribution >= 4 is 22.3 Å². The Balaban J connectivity index is 1.87. The van der Waals surface area contributed by atoms with Gasteiger partial charge in [-0.1, -0.05) is 30.3 Å². The number of H-pyrrole nitrogens is 2. The second kappa shape index (κ2) is 5.59. The molecule has 0 atom stereocenters. The van der Waals surface area contributed by atoms with Gasteiger partial charge in [0.15, 0.2) is 22.6 Å². The van der Waals surface area contributed by atoms with Crippen LogP contribution in [0.3, 0.4) is 0 Å². The first kappa shape index (κ1) is 14.5. The van der Waals surface area contributed by atoms with Crippen molar-refractivity contribution < 1.29 is 0 Å². The van der Waals surface area contributed by atoms with Gasteiger partial charge in [-0.05, 0) is 12.1 Å². The molecule has 26 heavy (non-hydrogen) atoms. The van der Waals surface area contributed by atoms with Crippen molar-refractivity contribution in [3.8, 4) is 22.8 Å². The van der Waals surface area contributed by atoms with Crippen LogP contribution in [-0.2, 0) is 0 Å². The third kappa shape index (κ3) is 2.26. The van der Waals surface area contributed by atoms with E-state index in [1.54, 1.807) is 12.4 Å². The van der Waals surface area contributed by atoms with Crippen LogP contribution in [0.1, 0.15) is 0 Å². The number of hydrogen-bond donors (Lipinski definition) is 2. The molecule has 0 bridgehead atoms. The quantitative estimate of drug-likeness (QED) is 0.514. The molecule has 0 saturated carbocycles. The number of aromatic amines is 2. The zero-order chi connectivity index (χ0) is 17.5. The van der Waals surface area contributed by atoms with Gasteiger partial charge in [-0.3, -0.25) is 4.79 Å². The van der Waals surface area contributed by atoms with Gasteiger partial charge in [-0.2, -0.15) is 0 Å². The number of hydrogen-bond acceptors (Lipinski definition) is 5. The maximum absolute atomic E-state index is 12.2. The molecule has 0 saturated heterocycles. The van der Waals surface area contributed by atoms with Crippen molar-refractivity contribution in [1.82, 2.24) is 29.9 Å². The number of nitrogens with one attached hydrogen (secondary N) is 2. The van der Waals surface area contributed by atoms with E-state index in [-0.39, 0.29) is 10.9 Å². The molecule has 0 fully saturated rings. The Labute approximate surface area is 146 Å². The molecule has 124 valence electrons. The smallest absolute Gasteiger partial charge is 0.209 e. The zero-order valence-corrected chi connectivity index (χ0v) is 13.5. The number of benzene rings is 1. The summed E-state index contributed by atoms with van der Waals surface area (Å²) in [6.07, 6.45) is 3.26. The number of aromatic nitrogens is 6. The third-order valence-electron chi connectivity index (χ3n) is 4.11. The van der Waals surface area contributed by atoms with Crippen LogP contribution in [0.4, 0.5) is 0 Å². The lowest BCUT2D eigenvalue weighted by atomic mass is 10.1. The van der Waals surface area contributed by atoms with Crippen LogP contribution in [0.25, 0.3) is 45.1 Å². The summed E-state index contributed by atoms with van der Waals surface area (Å²) < 4.78 is 0. The monoisotopic (exact) mass is 340 g/mol. The van der Waals surface area contributed by atoms with E-state index in [4.69, 9.17) is 0 Å². The van der Waals surface area contributed by atoms with Gasteiger partial charge in [0, 0.05) is 24.0 Å². The first-order valence-electron chi connectivity index (χ1n) is 8.05. The average Bonchev–Trinajstić information content (AvgIpc) is 3.12. The van der Waals surface area contributed by atoms with Gasteiger partial charge >= 0.3 is 0 Å². The average molecular weight is 340 g/mol. The molecule has 1 aromatic carbocycles. The number of fused-ring (bicyclic) bond motifs is 2. The molecular weight excluding hydrogens is 328 g/mol. The van der Waals surface area contributed by atoms with Crippen LogP contribution in [0.2, 0.25) is 0 Å². The highest BCUT2D eigenvalue weighted by atomic mass is 16.1. The fourth-order valence-electron chi connectivity index (χ4n) is 2.90. The van der Waals surface area contributed by atoms with Crippen LogP contribution in [0, 0.1) is 0 Å². The Kier molecular flexibility index (Phi) is 3.11. The van der Waals surface area contributed by atoms with E-state index in [2.05, 4.69) is 29.9 Å². The maximum Gasteiger partial charge on any atom is 0.209 e. The molecule has 0 aliphatic heterocycles. The molecular formula is C19H12N6O. The lowest BCUT2D eigenvalue weighted by Gasteiger charge is -2.07. The van der Waals surface area contributed by atoms with Crippen LogP contribution in [0.5, 0.6) is 0 Å². The topological polar surface area (TPSA) is 100 Å². The summed E-state index contributed by atoms with van der Waals surface area (Å²) in [5.41, 5.74) is 3.94. The second-order valence-corrected chi connectivity index (χ2v) is 5.78. The largest absolute Gasteiger partial charge is 0.345 e. The third-order valence-corrected chi connectivity index (χ3v) is 4.11. The summed E-state index contributed by atoms with van der Waals surface area (Å²) in [6.45, 7) is 0. The zero-order valence-electron chi connectivity index (χ0n) is 13.5. The van der Waals surface area contributed by atoms with E-state index in [1.165, 1.54) is 6.07 Å². The number of rotatable bonds is 2. The van der Waals surface area contributed by atoms with Crippen LogP contribution >= 0.6 is 0 Å². The van der Waals surface area contributed by atoms with Crippen LogP contribution in [-0.4, -0.2) is 29.9 Å². The molecule has 2 N–H and O–H groups in total. The fraction of sp³-hybridized carbons (Fsp3) is 0. The van der Waals surface area contributed by atoms with Gasteiger partial charge in [0.25, 0.3) is 0 Å². The molecule has 4 aromatic heterocycles. The Morgan fingerprint density at radius 1 is 0.808 bits per heavy atom. The molecule has 7 nitrogen and oxygen atoms in total. The Morgan fingerprint density at radius 2 is 1.69 bits per heavy atom. The molecule has 0 amide bonds. The van der Waals surface area contributed by atoms with Crippen molar-refractivity contribution in [3.63, 3.8) is 0 Å². The first-order chi connectivity index (χ1) is 12.8. The molecule has 0 spiro atoms. The summed E-state index contributed by atoms with van der Waals surface area (Å²) in [6, 6.07) is 14.8. The minimum Gasteiger partial charge on any atom is -0.345 e. The SMILES string of the molecule is O=c1cc[nH]c2nc(-c3ccccc3)c(-c3nc4cccnc4[nH]3)nc12. The Hall–Kier alpha value is -3.87. The van der Waals surface area contributed by atoms with Gasteiger partial charge in [0.2, 0.25) is 5.43 Å². The van der Waals surface area contributed by atoms with Crippen molar-refractivity contribution in [3.05, 3.63) is 71.1 Å². The summed E-state index contributed by atoms with van der Waals surface area (Å²) in [5, 5.41) is 0. The van der Waals surface area contributed by atoms with Gasteiger partial charge in [0.1, 0.15) is 16.9 Å². The highest BCUT2D eigenvalue weighted by Gasteiger charge is 2.17. The standard InChI is InChI=1S/C19H12N6O/c26-13-8-10-21-18-15(13)23-16(14(24-18)11-5-2-1-3-6-11)19-22-12-7-4-9-20-17(12)25-19/h1-10H,(H,20,22,25)(H,21,24,26). The maximum atomic E-state index is 12.2. The molecule has 0 aliphatic rings. The predicted molar refractivity (Wildman–Crippen MR) is 98.5 cm³/mol. The van der Waals surface area contributed by atoms with E-state index in [0.717, 1.165) is 11.1 Å². The van der Waals surface area contributed by atoms with Crippen molar-refractivity contribution in [2.75, 3.05) is 0 Å². The molecule has 5 rings (SSSR count). The fourth-order valence-corrected chi connectivity index (χ4v) is 2.90. The number of pyridine rings is 2. The molecule has 0 aliphatic carbocycles. The van der Waals surface area contributed by atoms with Crippen LogP contribution < -0.4 is 5.43 Å². The summed E-state index contributed by atoms with van der Waals surface area (Å²) in [5.74, 6) is 0.523. The molecule has 5 aromatic rings. The summed E-state index contributed by atoms with van der Waals surface area (Å²) >= 11 is 0. The van der Waals surface area contributed by atoms with Crippen molar-refractivity contribution in [2.24, 2.45) is 0 Å². The lowest BCUT2D eigenvalue weighted by Crippen LogP contribution is -2.07. The van der Waals surface area contributed by atoms with Gasteiger partial charge < -0.3 is 9.97 Å². The minimum absolute atomic E-state index is 0.193. The molecule has 0 unspecified atom stereocenters. The van der Waals surface area contributed by atoms with Gasteiger partial charge in [-0.15, -0.1) is 0 Å². The highest BCUT2D eigenvalue weighted by molar-refractivity contribution is 5.85. The lowest BCUT2D eigenvalue weighted by molar-refractivity contribution is 1.18.